The molecule has 0 radical (unpaired) electrons. The molecule has 0 amide bonds. The fourth-order valence-corrected chi connectivity index (χ4v) is 7.23. The van der Waals surface area contributed by atoms with Crippen LogP contribution in [0, 0.1) is 0 Å². The second-order valence-electron chi connectivity index (χ2n) is 14.8. The van der Waals surface area contributed by atoms with Crippen molar-refractivity contribution >= 4 is 71.4 Å². The summed E-state index contributed by atoms with van der Waals surface area (Å²) in [6.45, 7) is 9.29. The fourth-order valence-electron chi connectivity index (χ4n) is 7.23. The van der Waals surface area contributed by atoms with Crippen LogP contribution in [0.5, 0.6) is 17.2 Å². The van der Waals surface area contributed by atoms with E-state index in [1.165, 1.54) is 0 Å². The summed E-state index contributed by atoms with van der Waals surface area (Å²) in [5.41, 5.74) is -2.47. The van der Waals surface area contributed by atoms with Gasteiger partial charge < -0.3 is 61.6 Å². The standard InChI is InChI=1S/C42H50O25/c1-15(43)29-34(59-20(6)48)30(37-41(64-25(11)53)39(62-23(9)51)32(57-18(4)46)27(66-37)13-55-16(2)44)36(61-22(8)50)31(35(29)60-21(7)49)38-42(65-26(12)54)40(63-24(10)52)33(58-19(5)47)28(67-38)14-56-17(3)45/h27-28,32-33,37-42H,13-14H2,1-12H3/t27-,28-,32-,33-,37+,38+,39+,40+,41+,42+/m1/s1. The Kier molecular flexibility index (Phi) is 19.0. The van der Waals surface area contributed by atoms with Crippen molar-refractivity contribution in [3.63, 3.8) is 0 Å². The molecule has 0 unspecified atom stereocenters. The van der Waals surface area contributed by atoms with E-state index in [-0.39, 0.29) is 0 Å². The fraction of sp³-hybridized carbons (Fsp3) is 0.571. The third kappa shape index (κ3) is 14.5. The number of benzene rings is 1. The largest absolute Gasteiger partial charge is 0.463 e. The molecule has 67 heavy (non-hydrogen) atoms. The first-order valence-corrected chi connectivity index (χ1v) is 20.1. The van der Waals surface area contributed by atoms with Crippen molar-refractivity contribution in [1.82, 2.24) is 0 Å². The van der Waals surface area contributed by atoms with Crippen molar-refractivity contribution in [2.24, 2.45) is 0 Å². The molecule has 25 heteroatoms. The first-order chi connectivity index (χ1) is 31.1. The molecule has 0 spiro atoms. The van der Waals surface area contributed by atoms with Crippen LogP contribution >= 0.6 is 0 Å². The zero-order valence-electron chi connectivity index (χ0n) is 38.4. The van der Waals surface area contributed by atoms with Gasteiger partial charge in [-0.25, -0.2) is 0 Å². The van der Waals surface area contributed by atoms with Gasteiger partial charge in [-0.3, -0.25) is 57.5 Å². The Balaban J connectivity index is 2.85. The SMILES string of the molecule is CC(=O)OC[C@H]1O[C@@H](c2c(OC(C)=O)c(C(C)=O)c(OC(C)=O)c([C@@H]3O[C@H](COC(C)=O)[C@@H](OC(C)=O)[C@H](OC(C)=O)[C@H]3OC(C)=O)c2OC(C)=O)[C@H](OC(C)=O)[C@@H](OC(C)=O)[C@@H]1OC(C)=O. The number of Topliss-reactive ketones (excluding diaryl/α,β-unsaturated/α-hetero) is 1. The van der Waals surface area contributed by atoms with Gasteiger partial charge >= 0.3 is 65.7 Å². The minimum atomic E-state index is -2.18. The summed E-state index contributed by atoms with van der Waals surface area (Å²) in [6, 6.07) is 0. The number of ether oxygens (including phenoxy) is 13. The van der Waals surface area contributed by atoms with Crippen LogP contribution in [0.1, 0.15) is 117 Å². The molecule has 2 aliphatic rings. The molecule has 1 aromatic rings. The summed E-state index contributed by atoms with van der Waals surface area (Å²) in [7, 11) is 0. The number of carbonyl (C=O) groups excluding carboxylic acids is 12. The van der Waals surface area contributed by atoms with Crippen molar-refractivity contribution in [2.45, 2.75) is 144 Å². The molecule has 25 nitrogen and oxygen atoms in total. The Labute approximate surface area is 381 Å². The van der Waals surface area contributed by atoms with Gasteiger partial charge in [0, 0.05) is 76.2 Å². The van der Waals surface area contributed by atoms with Crippen LogP contribution in [0.25, 0.3) is 0 Å². The van der Waals surface area contributed by atoms with Crippen LogP contribution in [-0.4, -0.2) is 133 Å². The summed E-state index contributed by atoms with van der Waals surface area (Å²) < 4.78 is 73.7. The van der Waals surface area contributed by atoms with Crippen molar-refractivity contribution in [1.29, 1.82) is 0 Å². The van der Waals surface area contributed by atoms with E-state index in [1.807, 2.05) is 0 Å². The minimum Gasteiger partial charge on any atom is -0.463 e. The van der Waals surface area contributed by atoms with E-state index in [4.69, 9.17) is 61.6 Å². The number of hydrogen-bond acceptors (Lipinski definition) is 25. The second-order valence-corrected chi connectivity index (χ2v) is 14.8. The Bertz CT molecular complexity index is 2040. The number of rotatable bonds is 16. The molecule has 1 aromatic carbocycles. The van der Waals surface area contributed by atoms with Crippen molar-refractivity contribution < 1.29 is 119 Å². The Morgan fingerprint density at radius 3 is 0.866 bits per heavy atom. The molecule has 2 heterocycles. The summed E-state index contributed by atoms with van der Waals surface area (Å²) in [5, 5.41) is 0. The van der Waals surface area contributed by atoms with E-state index in [2.05, 4.69) is 0 Å². The lowest BCUT2D eigenvalue weighted by molar-refractivity contribution is -0.256. The van der Waals surface area contributed by atoms with Gasteiger partial charge in [-0.2, -0.15) is 0 Å². The van der Waals surface area contributed by atoms with Gasteiger partial charge in [0.25, 0.3) is 0 Å². The topological polar surface area (TPSA) is 325 Å². The van der Waals surface area contributed by atoms with Crippen LogP contribution in [-0.2, 0) is 100 Å². The quantitative estimate of drug-likeness (QED) is 0.0974. The lowest BCUT2D eigenvalue weighted by atomic mass is 9.83. The van der Waals surface area contributed by atoms with Gasteiger partial charge in [0.2, 0.25) is 0 Å². The highest BCUT2D eigenvalue weighted by Gasteiger charge is 2.58. The van der Waals surface area contributed by atoms with Crippen LogP contribution in [0.3, 0.4) is 0 Å². The van der Waals surface area contributed by atoms with Crippen molar-refractivity contribution in [3.8, 4) is 17.2 Å². The molecule has 3 rings (SSSR count). The van der Waals surface area contributed by atoms with Gasteiger partial charge in [0.05, 0.1) is 11.1 Å². The first kappa shape index (κ1) is 54.3. The summed E-state index contributed by atoms with van der Waals surface area (Å²) in [6.07, 6.45) is -19.5. The average molecular weight is 955 g/mol. The number of hydrogen-bond donors (Lipinski definition) is 0. The van der Waals surface area contributed by atoms with E-state index >= 15 is 0 Å². The molecule has 0 N–H and O–H groups in total. The lowest BCUT2D eigenvalue weighted by Crippen LogP contribution is -2.60. The van der Waals surface area contributed by atoms with Gasteiger partial charge in [-0.15, -0.1) is 0 Å². The Hall–Kier alpha value is -7.02. The summed E-state index contributed by atoms with van der Waals surface area (Å²) in [4.78, 5) is 155. The monoisotopic (exact) mass is 954 g/mol. The van der Waals surface area contributed by atoms with Gasteiger partial charge in [0.1, 0.15) is 48.9 Å². The molecule has 0 aliphatic carbocycles. The number of carbonyl (C=O) groups is 12. The number of ketones is 1. The smallest absolute Gasteiger partial charge is 0.308 e. The zero-order chi connectivity index (χ0) is 50.8. The summed E-state index contributed by atoms with van der Waals surface area (Å²) in [5.74, 6) is -15.9. The highest BCUT2D eigenvalue weighted by Crippen LogP contribution is 2.56. The molecule has 2 fully saturated rings. The molecular weight excluding hydrogens is 904 g/mol. The highest BCUT2D eigenvalue weighted by atomic mass is 16.7. The molecule has 368 valence electrons. The van der Waals surface area contributed by atoms with E-state index < -0.39 is 180 Å². The predicted molar refractivity (Wildman–Crippen MR) is 212 cm³/mol. The third-order valence-electron chi connectivity index (χ3n) is 9.07. The molecule has 0 bridgehead atoms. The second kappa shape index (κ2) is 23.4. The van der Waals surface area contributed by atoms with Gasteiger partial charge in [-0.05, 0) is 6.92 Å². The normalized spacial score (nSPS) is 24.2. The van der Waals surface area contributed by atoms with Crippen molar-refractivity contribution in [3.05, 3.63) is 16.7 Å². The molecule has 2 saturated heterocycles. The van der Waals surface area contributed by atoms with Crippen LogP contribution in [0.4, 0.5) is 0 Å². The predicted octanol–water partition coefficient (Wildman–Crippen LogP) is 1.26. The lowest BCUT2D eigenvalue weighted by Gasteiger charge is -2.46. The Morgan fingerprint density at radius 1 is 0.343 bits per heavy atom. The van der Waals surface area contributed by atoms with Gasteiger partial charge in [0.15, 0.2) is 53.9 Å². The summed E-state index contributed by atoms with van der Waals surface area (Å²) >= 11 is 0. The molecular formula is C42H50O25. The molecule has 0 aromatic heterocycles. The van der Waals surface area contributed by atoms with E-state index in [0.717, 1.165) is 83.1 Å². The van der Waals surface area contributed by atoms with Crippen LogP contribution in [0.15, 0.2) is 0 Å². The zero-order valence-corrected chi connectivity index (χ0v) is 38.4. The molecule has 10 atom stereocenters. The van der Waals surface area contributed by atoms with E-state index in [1.54, 1.807) is 0 Å². The first-order valence-electron chi connectivity index (χ1n) is 20.1. The maximum Gasteiger partial charge on any atom is 0.308 e. The van der Waals surface area contributed by atoms with Crippen LogP contribution < -0.4 is 14.2 Å². The number of esters is 11. The van der Waals surface area contributed by atoms with Crippen molar-refractivity contribution in [2.75, 3.05) is 13.2 Å². The molecule has 0 saturated carbocycles. The molecule has 2 aliphatic heterocycles. The average Bonchev–Trinajstić information content (AvgIpc) is 3.15. The van der Waals surface area contributed by atoms with E-state index in [9.17, 15) is 57.5 Å². The third-order valence-corrected chi connectivity index (χ3v) is 9.07. The van der Waals surface area contributed by atoms with Crippen LogP contribution in [0.2, 0.25) is 0 Å². The maximum atomic E-state index is 14.1. The highest BCUT2D eigenvalue weighted by molar-refractivity contribution is 6.03. The minimum absolute atomic E-state index is 0.799. The van der Waals surface area contributed by atoms with Gasteiger partial charge in [-0.1, -0.05) is 0 Å². The maximum absolute atomic E-state index is 14.1. The Morgan fingerprint density at radius 2 is 0.612 bits per heavy atom. The van der Waals surface area contributed by atoms with E-state index in [0.29, 0.717) is 0 Å².